The van der Waals surface area contributed by atoms with Crippen molar-refractivity contribution in [1.29, 1.82) is 0 Å². The first-order chi connectivity index (χ1) is 8.15. The van der Waals surface area contributed by atoms with Crippen LogP contribution in [-0.2, 0) is 0 Å². The molecule has 0 saturated carbocycles. The first-order valence-electron chi connectivity index (χ1n) is 4.83. The Kier molecular flexibility index (Phi) is 3.91. The van der Waals surface area contributed by atoms with Crippen molar-refractivity contribution in [3.63, 3.8) is 0 Å². The molecule has 3 nitrogen and oxygen atoms in total. The summed E-state index contributed by atoms with van der Waals surface area (Å²) in [6.07, 6.45) is 1.63. The zero-order chi connectivity index (χ0) is 12.3. The van der Waals surface area contributed by atoms with Gasteiger partial charge in [-0.3, -0.25) is 4.79 Å². The third-order valence-electron chi connectivity index (χ3n) is 2.05. The smallest absolute Gasteiger partial charge is 0.256 e. The van der Waals surface area contributed by atoms with Crippen LogP contribution in [0.4, 0.5) is 5.82 Å². The third-order valence-corrected chi connectivity index (χ3v) is 3.04. The Balaban J connectivity index is 2.17. The van der Waals surface area contributed by atoms with Gasteiger partial charge in [-0.15, -0.1) is 0 Å². The topological polar surface area (TPSA) is 42.0 Å². The number of nitrogens with zero attached hydrogens (tertiary/aromatic N) is 1. The highest BCUT2D eigenvalue weighted by Gasteiger charge is 2.06. The largest absolute Gasteiger partial charge is 0.307 e. The first kappa shape index (κ1) is 12.3. The molecule has 0 aliphatic heterocycles. The van der Waals surface area contributed by atoms with Crippen molar-refractivity contribution in [1.82, 2.24) is 4.98 Å². The van der Waals surface area contributed by atoms with E-state index < -0.39 is 0 Å². The van der Waals surface area contributed by atoms with E-state index in [1.54, 1.807) is 30.5 Å². The second-order valence-electron chi connectivity index (χ2n) is 3.32. The number of hydrogen-bond donors (Lipinski definition) is 1. The van der Waals surface area contributed by atoms with E-state index in [1.165, 1.54) is 0 Å². The molecule has 1 aromatic carbocycles. The Morgan fingerprint density at radius 2 is 1.88 bits per heavy atom. The van der Waals surface area contributed by atoms with Gasteiger partial charge in [0.2, 0.25) is 0 Å². The molecule has 1 heterocycles. The number of hydrogen-bond acceptors (Lipinski definition) is 2. The summed E-state index contributed by atoms with van der Waals surface area (Å²) in [6, 6.07) is 10.7. The average Bonchev–Trinajstić information content (AvgIpc) is 2.29. The lowest BCUT2D eigenvalue weighted by Crippen LogP contribution is -2.12. The Morgan fingerprint density at radius 3 is 2.59 bits per heavy atom. The van der Waals surface area contributed by atoms with Crippen LogP contribution < -0.4 is 5.32 Å². The van der Waals surface area contributed by atoms with E-state index in [2.05, 4.69) is 42.2 Å². The fourth-order valence-electron chi connectivity index (χ4n) is 1.29. The van der Waals surface area contributed by atoms with Crippen molar-refractivity contribution in [3.05, 3.63) is 57.1 Å². The number of nitrogens with one attached hydrogen (secondary N) is 1. The van der Waals surface area contributed by atoms with Gasteiger partial charge in [0.05, 0.1) is 0 Å². The monoisotopic (exact) mass is 354 g/mol. The predicted octanol–water partition coefficient (Wildman–Crippen LogP) is 3.86. The van der Waals surface area contributed by atoms with Crippen LogP contribution >= 0.6 is 31.9 Å². The van der Waals surface area contributed by atoms with Crippen molar-refractivity contribution in [2.45, 2.75) is 0 Å². The lowest BCUT2D eigenvalue weighted by Gasteiger charge is -2.04. The van der Waals surface area contributed by atoms with E-state index in [0.717, 1.165) is 8.95 Å². The molecule has 2 aromatic rings. The molecule has 1 amide bonds. The number of pyridine rings is 1. The zero-order valence-electron chi connectivity index (χ0n) is 8.65. The van der Waals surface area contributed by atoms with Gasteiger partial charge in [-0.05, 0) is 30.3 Å². The molecule has 17 heavy (non-hydrogen) atoms. The highest BCUT2D eigenvalue weighted by molar-refractivity contribution is 9.10. The molecule has 86 valence electrons. The van der Waals surface area contributed by atoms with Gasteiger partial charge in [-0.2, -0.15) is 0 Å². The highest BCUT2D eigenvalue weighted by Crippen LogP contribution is 2.15. The van der Waals surface area contributed by atoms with Crippen LogP contribution in [0.3, 0.4) is 0 Å². The van der Waals surface area contributed by atoms with E-state index in [-0.39, 0.29) is 5.91 Å². The number of amides is 1. The minimum absolute atomic E-state index is 0.183. The van der Waals surface area contributed by atoms with Gasteiger partial charge in [0.1, 0.15) is 5.82 Å². The van der Waals surface area contributed by atoms with Crippen LogP contribution in [-0.4, -0.2) is 10.9 Å². The summed E-state index contributed by atoms with van der Waals surface area (Å²) < 4.78 is 1.74. The number of anilines is 1. The first-order valence-corrected chi connectivity index (χ1v) is 6.42. The molecule has 0 spiro atoms. The Bertz CT molecular complexity index is 558. The normalized spacial score (nSPS) is 10.0. The molecule has 1 aromatic heterocycles. The predicted molar refractivity (Wildman–Crippen MR) is 74.0 cm³/mol. The lowest BCUT2D eigenvalue weighted by molar-refractivity contribution is 0.102. The lowest BCUT2D eigenvalue weighted by atomic mass is 10.2. The maximum Gasteiger partial charge on any atom is 0.256 e. The second kappa shape index (κ2) is 5.42. The highest BCUT2D eigenvalue weighted by atomic mass is 79.9. The molecule has 2 rings (SSSR count). The molecule has 0 aliphatic rings. The van der Waals surface area contributed by atoms with Crippen LogP contribution in [0.1, 0.15) is 10.4 Å². The quantitative estimate of drug-likeness (QED) is 0.888. The van der Waals surface area contributed by atoms with Crippen molar-refractivity contribution in [2.75, 3.05) is 5.32 Å². The Morgan fingerprint density at radius 1 is 1.12 bits per heavy atom. The minimum atomic E-state index is -0.183. The molecule has 1 N–H and O–H groups in total. The van der Waals surface area contributed by atoms with E-state index >= 15 is 0 Å². The van der Waals surface area contributed by atoms with E-state index in [1.807, 2.05) is 12.1 Å². The number of aromatic nitrogens is 1. The maximum atomic E-state index is 11.9. The number of carbonyl (C=O) groups excluding carboxylic acids is 1. The fourth-order valence-corrected chi connectivity index (χ4v) is 2.03. The van der Waals surface area contributed by atoms with Gasteiger partial charge >= 0.3 is 0 Å². The maximum absolute atomic E-state index is 11.9. The average molecular weight is 356 g/mol. The number of benzene rings is 1. The van der Waals surface area contributed by atoms with Gasteiger partial charge in [0.25, 0.3) is 5.91 Å². The summed E-state index contributed by atoms with van der Waals surface area (Å²) in [5.74, 6) is 0.334. The number of rotatable bonds is 2. The van der Waals surface area contributed by atoms with Crippen LogP contribution in [0, 0.1) is 0 Å². The summed E-state index contributed by atoms with van der Waals surface area (Å²) in [4.78, 5) is 15.9. The van der Waals surface area contributed by atoms with Crippen molar-refractivity contribution in [3.8, 4) is 0 Å². The van der Waals surface area contributed by atoms with E-state index in [9.17, 15) is 4.79 Å². The van der Waals surface area contributed by atoms with Gasteiger partial charge in [-0.25, -0.2) is 4.98 Å². The molecule has 0 radical (unpaired) electrons. The Labute approximate surface area is 116 Å². The molecule has 0 unspecified atom stereocenters. The van der Waals surface area contributed by atoms with Crippen molar-refractivity contribution < 1.29 is 4.79 Å². The molecule has 0 atom stereocenters. The van der Waals surface area contributed by atoms with Gasteiger partial charge in [-0.1, -0.05) is 37.9 Å². The molecule has 0 saturated heterocycles. The molecular formula is C12H8Br2N2O. The SMILES string of the molecule is O=C(Nc1cc(Br)ccn1)c1cccc(Br)c1. The van der Waals surface area contributed by atoms with E-state index in [0.29, 0.717) is 11.4 Å². The standard InChI is InChI=1S/C12H8Br2N2O/c13-9-3-1-2-8(6-9)12(17)16-11-7-10(14)4-5-15-11/h1-7H,(H,15,16,17). The molecule has 0 aliphatic carbocycles. The van der Waals surface area contributed by atoms with Crippen LogP contribution in [0.25, 0.3) is 0 Å². The van der Waals surface area contributed by atoms with E-state index in [4.69, 9.17) is 0 Å². The van der Waals surface area contributed by atoms with Crippen molar-refractivity contribution in [2.24, 2.45) is 0 Å². The van der Waals surface area contributed by atoms with Crippen LogP contribution in [0.15, 0.2) is 51.5 Å². The Hall–Kier alpha value is -1.20. The third kappa shape index (κ3) is 3.38. The summed E-state index contributed by atoms with van der Waals surface area (Å²) in [6.45, 7) is 0. The van der Waals surface area contributed by atoms with Gasteiger partial charge in [0.15, 0.2) is 0 Å². The van der Waals surface area contributed by atoms with Crippen LogP contribution in [0.5, 0.6) is 0 Å². The fraction of sp³-hybridized carbons (Fsp3) is 0. The number of carbonyl (C=O) groups is 1. The summed E-state index contributed by atoms with van der Waals surface area (Å²) in [5, 5.41) is 2.73. The molecule has 5 heteroatoms. The summed E-state index contributed by atoms with van der Waals surface area (Å²) in [5.41, 5.74) is 0.584. The van der Waals surface area contributed by atoms with Crippen LogP contribution in [0.2, 0.25) is 0 Å². The molecule has 0 fully saturated rings. The summed E-state index contributed by atoms with van der Waals surface area (Å²) >= 11 is 6.65. The van der Waals surface area contributed by atoms with Gasteiger partial charge in [0, 0.05) is 20.7 Å². The second-order valence-corrected chi connectivity index (χ2v) is 5.16. The van der Waals surface area contributed by atoms with Crippen molar-refractivity contribution >= 4 is 43.6 Å². The molecular weight excluding hydrogens is 348 g/mol. The van der Waals surface area contributed by atoms with Gasteiger partial charge < -0.3 is 5.32 Å². The minimum Gasteiger partial charge on any atom is -0.307 e. The molecule has 0 bridgehead atoms. The summed E-state index contributed by atoms with van der Waals surface area (Å²) in [7, 11) is 0. The zero-order valence-corrected chi connectivity index (χ0v) is 11.8. The number of halogens is 2.